The van der Waals surface area contributed by atoms with Gasteiger partial charge in [-0.3, -0.25) is 19.7 Å². The van der Waals surface area contributed by atoms with Gasteiger partial charge in [0, 0.05) is 60.1 Å². The summed E-state index contributed by atoms with van der Waals surface area (Å²) in [5, 5.41) is 12.7. The van der Waals surface area contributed by atoms with Crippen molar-refractivity contribution in [2.45, 2.75) is 107 Å². The molecule has 3 amide bonds. The molecule has 0 unspecified atom stereocenters. The summed E-state index contributed by atoms with van der Waals surface area (Å²) in [5.41, 5.74) is 8.22. The van der Waals surface area contributed by atoms with Gasteiger partial charge >= 0.3 is 0 Å². The van der Waals surface area contributed by atoms with E-state index in [1.54, 1.807) is 24.1 Å². The molecule has 1 aliphatic carbocycles. The van der Waals surface area contributed by atoms with Crippen molar-refractivity contribution >= 4 is 23.4 Å². The highest BCUT2D eigenvalue weighted by molar-refractivity contribution is 6.06. The predicted molar refractivity (Wildman–Crippen MR) is 243 cm³/mol. The first kappa shape index (κ1) is 42.2. The number of hydrogen-bond acceptors (Lipinski definition) is 9. The molecule has 4 aromatic rings. The maximum absolute atomic E-state index is 16.5. The van der Waals surface area contributed by atoms with Crippen LogP contribution in [0.15, 0.2) is 66.7 Å². The number of amides is 3. The lowest BCUT2D eigenvalue weighted by Gasteiger charge is -2.47. The Morgan fingerprint density at radius 2 is 1.69 bits per heavy atom. The largest absolute Gasteiger partial charge is 0.508 e. The lowest BCUT2D eigenvalue weighted by atomic mass is 9.69. The third-order valence-corrected chi connectivity index (χ3v) is 16.5. The minimum atomic E-state index is -0.649. The van der Waals surface area contributed by atoms with E-state index < -0.39 is 11.9 Å². The number of carbonyl (C=O) groups is 3. The van der Waals surface area contributed by atoms with E-state index in [9.17, 15) is 19.5 Å². The Hall–Kier alpha value is -5.46. The highest BCUT2D eigenvalue weighted by Gasteiger charge is 2.49. The summed E-state index contributed by atoms with van der Waals surface area (Å²) >= 11 is 0. The van der Waals surface area contributed by atoms with Gasteiger partial charge in [-0.25, -0.2) is 4.39 Å². The summed E-state index contributed by atoms with van der Waals surface area (Å²) in [6.07, 6.45) is 8.07. The molecule has 4 fully saturated rings. The summed E-state index contributed by atoms with van der Waals surface area (Å²) in [4.78, 5) is 44.6. The second kappa shape index (κ2) is 16.5. The van der Waals surface area contributed by atoms with Crippen molar-refractivity contribution in [2.75, 3.05) is 57.9 Å². The number of fused-ring (bicyclic) bond motifs is 5. The molecular formula is C53H59FN4O7. The molecule has 0 bridgehead atoms. The van der Waals surface area contributed by atoms with E-state index in [0.29, 0.717) is 55.6 Å². The lowest BCUT2D eigenvalue weighted by Crippen LogP contribution is -2.52. The first-order chi connectivity index (χ1) is 31.5. The highest BCUT2D eigenvalue weighted by Crippen LogP contribution is 2.53. The zero-order valence-electron chi connectivity index (χ0n) is 37.5. The summed E-state index contributed by atoms with van der Waals surface area (Å²) < 4.78 is 35.9. The molecule has 4 atom stereocenters. The summed E-state index contributed by atoms with van der Waals surface area (Å²) in [7, 11) is 1.68. The zero-order chi connectivity index (χ0) is 44.6. The number of benzene rings is 4. The van der Waals surface area contributed by atoms with Gasteiger partial charge in [0.15, 0.2) is 0 Å². The van der Waals surface area contributed by atoms with Gasteiger partial charge in [-0.05, 0) is 130 Å². The van der Waals surface area contributed by atoms with Gasteiger partial charge in [0.1, 0.15) is 29.1 Å². The number of nitrogens with zero attached hydrogens (tertiary/aromatic N) is 3. The minimum Gasteiger partial charge on any atom is -0.508 e. The Kier molecular flexibility index (Phi) is 10.7. The first-order valence-corrected chi connectivity index (χ1v) is 23.8. The van der Waals surface area contributed by atoms with Crippen molar-refractivity contribution in [2.24, 2.45) is 5.92 Å². The number of nitrogens with one attached hydrogen (secondary N) is 1. The van der Waals surface area contributed by atoms with E-state index in [4.69, 9.17) is 14.2 Å². The van der Waals surface area contributed by atoms with E-state index in [0.717, 1.165) is 111 Å². The van der Waals surface area contributed by atoms with Crippen LogP contribution in [0.5, 0.6) is 17.2 Å². The molecule has 0 aromatic heterocycles. The van der Waals surface area contributed by atoms with Crippen molar-refractivity contribution in [3.8, 4) is 17.2 Å². The smallest absolute Gasteiger partial charge is 0.255 e. The average molecular weight is 883 g/mol. The van der Waals surface area contributed by atoms with E-state index in [1.165, 1.54) is 11.1 Å². The number of rotatable bonds is 7. The van der Waals surface area contributed by atoms with Gasteiger partial charge in [0.25, 0.3) is 5.91 Å². The van der Waals surface area contributed by atoms with E-state index in [2.05, 4.69) is 45.4 Å². The van der Waals surface area contributed by atoms with Crippen LogP contribution in [0, 0.1) is 18.7 Å². The quantitative estimate of drug-likeness (QED) is 0.180. The third kappa shape index (κ3) is 7.35. The molecule has 4 aromatic carbocycles. The van der Waals surface area contributed by atoms with Crippen LogP contribution < -0.4 is 19.7 Å². The normalized spacial score (nSPS) is 25.9. The SMILES string of the molecule is COc1cc(N2CCC3(CC[C@H](CN4CCC5(CC4)COc4c5cc(C)c5c4CN([C@H]4CCC(=O)NC4=O)C5=O)CO3)CC2)c(F)cc1[C@@H]1c2ccc(O)cc2CC[C@@H]1c1ccccc1. The molecule has 6 heterocycles. The fraction of sp³-hybridized carbons (Fsp3) is 0.491. The van der Waals surface area contributed by atoms with Crippen molar-refractivity contribution in [3.63, 3.8) is 0 Å². The number of ether oxygens (including phenoxy) is 3. The fourth-order valence-electron chi connectivity index (χ4n) is 12.8. The molecule has 6 aliphatic heterocycles. The number of halogens is 1. The van der Waals surface area contributed by atoms with Gasteiger partial charge in [-0.15, -0.1) is 0 Å². The number of aryl methyl sites for hydroxylation is 2. The van der Waals surface area contributed by atoms with Crippen LogP contribution in [-0.2, 0) is 32.7 Å². The molecule has 4 saturated heterocycles. The molecule has 11 nitrogen and oxygen atoms in total. The van der Waals surface area contributed by atoms with Gasteiger partial charge in [0.05, 0.1) is 43.7 Å². The van der Waals surface area contributed by atoms with Crippen LogP contribution in [0.3, 0.4) is 0 Å². The number of piperidine rings is 3. The standard InChI is InChI=1S/C53H59FN4O7/c1-32-24-41-49(40-29-58(51(62)47(32)40)43-12-13-46(60)55-50(43)61)64-31-52(41)16-20-56(21-17-52)28-33-14-15-53(65-30-33)18-22-57(23-19-53)44-27-45(63-2)39(26-42(44)54)48-37(34-6-4-3-5-7-34)10-8-35-25-36(59)9-11-38(35)48/h3-7,9,11,24-27,33,37,43,48,59H,8,10,12-23,28-31H2,1-2H3,(H,55,60,61)/t33-,37-,43+,48+/m1/s1. The molecule has 11 rings (SSSR count). The number of anilines is 1. The molecule has 340 valence electrons. The number of imide groups is 1. The van der Waals surface area contributed by atoms with Crippen LogP contribution in [0.2, 0.25) is 0 Å². The second-order valence-corrected chi connectivity index (χ2v) is 20.0. The van der Waals surface area contributed by atoms with Crippen LogP contribution in [0.4, 0.5) is 10.1 Å². The number of likely N-dealkylation sites (tertiary alicyclic amines) is 1. The van der Waals surface area contributed by atoms with Crippen LogP contribution in [-0.4, -0.2) is 97.3 Å². The number of phenols is 1. The predicted octanol–water partition coefficient (Wildman–Crippen LogP) is 7.66. The van der Waals surface area contributed by atoms with Crippen molar-refractivity contribution in [1.29, 1.82) is 0 Å². The van der Waals surface area contributed by atoms with Crippen LogP contribution in [0.25, 0.3) is 0 Å². The minimum absolute atomic E-state index is 0.0988. The number of hydrogen-bond donors (Lipinski definition) is 2. The molecule has 2 spiro atoms. The molecule has 2 N–H and O–H groups in total. The van der Waals surface area contributed by atoms with E-state index in [1.807, 2.05) is 31.2 Å². The van der Waals surface area contributed by atoms with E-state index >= 15 is 4.39 Å². The van der Waals surface area contributed by atoms with Gasteiger partial charge in [0.2, 0.25) is 11.8 Å². The topological polar surface area (TPSA) is 121 Å². The summed E-state index contributed by atoms with van der Waals surface area (Å²) in [6.45, 7) is 8.01. The van der Waals surface area contributed by atoms with E-state index in [-0.39, 0.29) is 52.7 Å². The third-order valence-electron chi connectivity index (χ3n) is 16.5. The van der Waals surface area contributed by atoms with Gasteiger partial charge in [-0.1, -0.05) is 42.5 Å². The van der Waals surface area contributed by atoms with Crippen molar-refractivity contribution < 1.29 is 38.1 Å². The molecule has 12 heteroatoms. The molecule has 7 aliphatic rings. The maximum Gasteiger partial charge on any atom is 0.255 e. The monoisotopic (exact) mass is 882 g/mol. The number of methoxy groups -OCH3 is 1. The zero-order valence-corrected chi connectivity index (χ0v) is 37.5. The van der Waals surface area contributed by atoms with Crippen molar-refractivity contribution in [1.82, 2.24) is 15.1 Å². The molecular weight excluding hydrogens is 824 g/mol. The summed E-state index contributed by atoms with van der Waals surface area (Å²) in [5.74, 6) is 1.16. The Morgan fingerprint density at radius 1 is 0.892 bits per heavy atom. The van der Waals surface area contributed by atoms with Crippen molar-refractivity contribution in [3.05, 3.63) is 117 Å². The lowest BCUT2D eigenvalue weighted by molar-refractivity contribution is -0.136. The maximum atomic E-state index is 16.5. The van der Waals surface area contributed by atoms with Gasteiger partial charge < -0.3 is 34.0 Å². The Labute approximate surface area is 380 Å². The Morgan fingerprint density at radius 3 is 2.43 bits per heavy atom. The second-order valence-electron chi connectivity index (χ2n) is 20.0. The summed E-state index contributed by atoms with van der Waals surface area (Å²) in [6, 6.07) is 21.2. The molecule has 65 heavy (non-hydrogen) atoms. The van der Waals surface area contributed by atoms with Crippen LogP contribution in [0.1, 0.15) is 119 Å². The highest BCUT2D eigenvalue weighted by atomic mass is 19.1. The first-order valence-electron chi connectivity index (χ1n) is 23.8. The number of carbonyl (C=O) groups excluding carboxylic acids is 3. The van der Waals surface area contributed by atoms with Gasteiger partial charge in [-0.2, -0.15) is 0 Å². The van der Waals surface area contributed by atoms with Crippen LogP contribution >= 0.6 is 0 Å². The molecule has 0 saturated carbocycles. The number of aromatic hydroxyl groups is 1. The number of phenolic OH excluding ortho intramolecular Hbond substituents is 1. The fourth-order valence-corrected chi connectivity index (χ4v) is 12.8. The Bertz CT molecular complexity index is 2540. The Balaban J connectivity index is 0.710. The molecule has 0 radical (unpaired) electrons. The average Bonchev–Trinajstić information content (AvgIpc) is 3.85.